The first-order chi connectivity index (χ1) is 5.47. The zero-order valence-electron chi connectivity index (χ0n) is 6.64. The molecule has 6 heteroatoms. The Bertz CT molecular complexity index is 207. The van der Waals surface area contributed by atoms with Crippen molar-refractivity contribution in [1.29, 1.82) is 0 Å². The minimum Gasteiger partial charge on any atom is -0.493 e. The fourth-order valence-corrected chi connectivity index (χ4v) is 0.620. The molecule has 0 bridgehead atoms. The van der Waals surface area contributed by atoms with Crippen LogP contribution in [0.25, 0.3) is 0 Å². The molecule has 0 aromatic heterocycles. The lowest BCUT2D eigenvalue weighted by molar-refractivity contribution is -0.0603. The van der Waals surface area contributed by atoms with E-state index in [2.05, 4.69) is 9.73 Å². The van der Waals surface area contributed by atoms with Crippen LogP contribution >= 0.6 is 0 Å². The fraction of sp³-hybridized carbons (Fsp3) is 0.500. The second-order valence-electron chi connectivity index (χ2n) is 1.81. The van der Waals surface area contributed by atoms with E-state index in [-0.39, 0.29) is 0 Å². The summed E-state index contributed by atoms with van der Waals surface area (Å²) in [5.74, 6) is -0.481. The molecule has 12 heavy (non-hydrogen) atoms. The lowest BCUT2D eigenvalue weighted by Crippen LogP contribution is -2.26. The summed E-state index contributed by atoms with van der Waals surface area (Å²) >= 11 is 0. The Kier molecular flexibility index (Phi) is 3.59. The van der Waals surface area contributed by atoms with Gasteiger partial charge in [0.1, 0.15) is 0 Å². The minimum atomic E-state index is -4.53. The van der Waals surface area contributed by atoms with Gasteiger partial charge in [0.05, 0.1) is 7.11 Å². The molecule has 0 aliphatic rings. The second kappa shape index (κ2) is 3.99. The van der Waals surface area contributed by atoms with Crippen LogP contribution in [-0.4, -0.2) is 26.0 Å². The first kappa shape index (κ1) is 10.8. The van der Waals surface area contributed by atoms with Crippen molar-refractivity contribution in [2.45, 2.75) is 6.18 Å². The van der Waals surface area contributed by atoms with Crippen LogP contribution in [0.15, 0.2) is 17.0 Å². The van der Waals surface area contributed by atoms with E-state index >= 15 is 0 Å². The zero-order valence-corrected chi connectivity index (χ0v) is 6.64. The molecule has 2 N–H and O–H groups in total. The first-order valence-electron chi connectivity index (χ1n) is 2.97. The number of aliphatic imine (C=N–C) groups is 1. The number of ether oxygens (including phenoxy) is 1. The third-order valence-electron chi connectivity index (χ3n) is 1.10. The Morgan fingerprint density at radius 3 is 2.08 bits per heavy atom. The summed E-state index contributed by atoms with van der Waals surface area (Å²) < 4.78 is 40.5. The topological polar surface area (TPSA) is 47.6 Å². The normalized spacial score (nSPS) is 14.8. The number of allylic oxidation sites excluding steroid dienone is 1. The Labute approximate surface area is 67.7 Å². The van der Waals surface area contributed by atoms with E-state index in [0.717, 1.165) is 20.4 Å². The molecular formula is C6H9F3N2O. The van der Waals surface area contributed by atoms with Crippen molar-refractivity contribution in [2.75, 3.05) is 14.2 Å². The van der Waals surface area contributed by atoms with Gasteiger partial charge in [-0.1, -0.05) is 0 Å². The Morgan fingerprint density at radius 1 is 1.50 bits per heavy atom. The lowest BCUT2D eigenvalue weighted by atomic mass is 10.3. The van der Waals surface area contributed by atoms with Gasteiger partial charge >= 0.3 is 6.18 Å². The molecule has 0 aliphatic carbocycles. The average molecular weight is 182 g/mol. The molecule has 0 atom stereocenters. The summed E-state index contributed by atoms with van der Waals surface area (Å²) in [6.45, 7) is 0. The molecule has 0 heterocycles. The van der Waals surface area contributed by atoms with E-state index in [0.29, 0.717) is 0 Å². The molecule has 0 rings (SSSR count). The van der Waals surface area contributed by atoms with Crippen molar-refractivity contribution in [1.82, 2.24) is 0 Å². The number of methoxy groups -OCH3 is 1. The molecule has 0 saturated carbocycles. The Morgan fingerprint density at radius 2 is 2.00 bits per heavy atom. The standard InChI is InChI=1S/C6H9F3N2O/c1-11-5(6(7,8)9)4(3-10)12-2/h3H,10H2,1-2H3. The van der Waals surface area contributed by atoms with Gasteiger partial charge < -0.3 is 10.5 Å². The zero-order chi connectivity index (χ0) is 9.78. The Hall–Kier alpha value is -1.20. The van der Waals surface area contributed by atoms with Gasteiger partial charge in [0.2, 0.25) is 0 Å². The molecule has 0 radical (unpaired) electrons. The summed E-state index contributed by atoms with van der Waals surface area (Å²) in [6, 6.07) is 0. The molecule has 0 unspecified atom stereocenters. The van der Waals surface area contributed by atoms with Gasteiger partial charge in [-0.15, -0.1) is 0 Å². The van der Waals surface area contributed by atoms with Crippen molar-refractivity contribution >= 4 is 5.71 Å². The molecule has 0 aromatic rings. The number of hydrogen-bond acceptors (Lipinski definition) is 3. The van der Waals surface area contributed by atoms with Crippen molar-refractivity contribution in [3.8, 4) is 0 Å². The lowest BCUT2D eigenvalue weighted by Gasteiger charge is -2.11. The third-order valence-corrected chi connectivity index (χ3v) is 1.10. The summed E-state index contributed by atoms with van der Waals surface area (Å²) in [4.78, 5) is 3.02. The summed E-state index contributed by atoms with van der Waals surface area (Å²) in [5.41, 5.74) is 3.77. The highest BCUT2D eigenvalue weighted by Gasteiger charge is 2.38. The smallest absolute Gasteiger partial charge is 0.436 e. The quantitative estimate of drug-likeness (QED) is 0.512. The van der Waals surface area contributed by atoms with E-state index in [9.17, 15) is 13.2 Å². The largest absolute Gasteiger partial charge is 0.493 e. The Balaban J connectivity index is 4.82. The van der Waals surface area contributed by atoms with Crippen LogP contribution in [0.1, 0.15) is 0 Å². The predicted octanol–water partition coefficient (Wildman–Crippen LogP) is 1.07. The van der Waals surface area contributed by atoms with Crippen molar-refractivity contribution < 1.29 is 17.9 Å². The van der Waals surface area contributed by atoms with Gasteiger partial charge in [-0.25, -0.2) is 0 Å². The molecule has 0 aliphatic heterocycles. The summed E-state index contributed by atoms with van der Waals surface area (Å²) in [6.07, 6.45) is -3.81. The van der Waals surface area contributed by atoms with Crippen molar-refractivity contribution in [2.24, 2.45) is 10.7 Å². The van der Waals surface area contributed by atoms with E-state index in [1.807, 2.05) is 0 Å². The van der Waals surface area contributed by atoms with Crippen molar-refractivity contribution in [3.63, 3.8) is 0 Å². The van der Waals surface area contributed by atoms with Gasteiger partial charge in [0, 0.05) is 13.2 Å². The minimum absolute atomic E-state index is 0.481. The van der Waals surface area contributed by atoms with Gasteiger partial charge in [-0.05, 0) is 0 Å². The number of halogens is 3. The van der Waals surface area contributed by atoms with Gasteiger partial charge in [-0.3, -0.25) is 4.99 Å². The highest BCUT2D eigenvalue weighted by atomic mass is 19.4. The molecular weight excluding hydrogens is 173 g/mol. The monoisotopic (exact) mass is 182 g/mol. The highest BCUT2D eigenvalue weighted by Crippen LogP contribution is 2.21. The van der Waals surface area contributed by atoms with Crippen LogP contribution in [0.2, 0.25) is 0 Å². The molecule has 0 saturated heterocycles. The molecule has 3 nitrogen and oxygen atoms in total. The summed E-state index contributed by atoms with van der Waals surface area (Å²) in [5, 5.41) is 0. The number of nitrogens with two attached hydrogens (primary N) is 1. The number of nitrogens with zero attached hydrogens (tertiary/aromatic N) is 1. The van der Waals surface area contributed by atoms with Crippen molar-refractivity contribution in [3.05, 3.63) is 12.0 Å². The molecule has 0 aromatic carbocycles. The molecule has 0 amide bonds. The molecule has 0 spiro atoms. The highest BCUT2D eigenvalue weighted by molar-refractivity contribution is 6.02. The SMILES string of the molecule is CN=C(C(=CN)OC)C(F)(F)F. The van der Waals surface area contributed by atoms with Crippen LogP contribution in [0.5, 0.6) is 0 Å². The molecule has 70 valence electrons. The third kappa shape index (κ3) is 2.44. The van der Waals surface area contributed by atoms with Gasteiger partial charge in [0.25, 0.3) is 0 Å². The maximum absolute atomic E-state index is 12.0. The van der Waals surface area contributed by atoms with E-state index < -0.39 is 17.6 Å². The maximum atomic E-state index is 12.0. The fourth-order valence-electron chi connectivity index (χ4n) is 0.620. The van der Waals surface area contributed by atoms with Gasteiger partial charge in [-0.2, -0.15) is 13.2 Å². The van der Waals surface area contributed by atoms with Crippen LogP contribution in [0.4, 0.5) is 13.2 Å². The second-order valence-corrected chi connectivity index (χ2v) is 1.81. The number of rotatable bonds is 2. The number of alkyl halides is 3. The number of hydrogen-bond donors (Lipinski definition) is 1. The molecule has 0 fully saturated rings. The average Bonchev–Trinajstić information content (AvgIpc) is 1.97. The van der Waals surface area contributed by atoms with Gasteiger partial charge in [0.15, 0.2) is 11.5 Å². The van der Waals surface area contributed by atoms with Crippen LogP contribution in [0.3, 0.4) is 0 Å². The van der Waals surface area contributed by atoms with Crippen LogP contribution in [-0.2, 0) is 4.74 Å². The predicted molar refractivity (Wildman–Crippen MR) is 38.7 cm³/mol. The summed E-state index contributed by atoms with van der Waals surface area (Å²) in [7, 11) is 2.11. The van der Waals surface area contributed by atoms with E-state index in [1.165, 1.54) is 0 Å². The van der Waals surface area contributed by atoms with E-state index in [1.54, 1.807) is 0 Å². The van der Waals surface area contributed by atoms with E-state index in [4.69, 9.17) is 5.73 Å². The van der Waals surface area contributed by atoms with Crippen LogP contribution < -0.4 is 5.73 Å². The maximum Gasteiger partial charge on any atom is 0.436 e. The first-order valence-corrected chi connectivity index (χ1v) is 2.97. The van der Waals surface area contributed by atoms with Crippen LogP contribution in [0, 0.1) is 0 Å².